The molecule has 0 fully saturated rings. The van der Waals surface area contributed by atoms with Crippen LogP contribution < -0.4 is 0 Å². The number of benzene rings is 1. The predicted octanol–water partition coefficient (Wildman–Crippen LogP) is 2.34. The molecule has 0 spiro atoms. The maximum Gasteiger partial charge on any atom is 0.137 e. The van der Waals surface area contributed by atoms with Gasteiger partial charge in [-0.25, -0.2) is 0 Å². The number of carbonyl (C=O) groups is 1. The summed E-state index contributed by atoms with van der Waals surface area (Å²) in [4.78, 5) is 12.3. The largest absolute Gasteiger partial charge is 0.299 e. The third-order valence-electron chi connectivity index (χ3n) is 4.06. The van der Waals surface area contributed by atoms with Crippen molar-refractivity contribution in [3.63, 3.8) is 0 Å². The van der Waals surface area contributed by atoms with Gasteiger partial charge < -0.3 is 0 Å². The van der Waals surface area contributed by atoms with E-state index in [9.17, 15) is 4.79 Å². The lowest BCUT2D eigenvalue weighted by Gasteiger charge is -2.07. The zero-order chi connectivity index (χ0) is 13.2. The summed E-state index contributed by atoms with van der Waals surface area (Å²) in [5, 5.41) is 4.13. The van der Waals surface area contributed by atoms with E-state index in [1.54, 1.807) is 6.20 Å². The van der Waals surface area contributed by atoms with E-state index in [2.05, 4.69) is 29.4 Å². The minimum absolute atomic E-state index is 0.186. The van der Waals surface area contributed by atoms with Crippen molar-refractivity contribution in [1.29, 1.82) is 0 Å². The van der Waals surface area contributed by atoms with Gasteiger partial charge in [-0.2, -0.15) is 5.10 Å². The number of hydrogen-bond acceptors (Lipinski definition) is 2. The van der Waals surface area contributed by atoms with Gasteiger partial charge >= 0.3 is 0 Å². The molecule has 0 unspecified atom stereocenters. The van der Waals surface area contributed by atoms with Gasteiger partial charge in [0.05, 0.1) is 0 Å². The molecule has 0 atom stereocenters. The lowest BCUT2D eigenvalue weighted by molar-refractivity contribution is -0.122. The number of carbonyl (C=O) groups excluding carboxylic acids is 1. The molecule has 0 amide bonds. The van der Waals surface area contributed by atoms with Crippen LogP contribution in [0.3, 0.4) is 0 Å². The van der Waals surface area contributed by atoms with Crippen LogP contribution in [-0.4, -0.2) is 15.6 Å². The van der Waals surface area contributed by atoms with Crippen molar-refractivity contribution < 1.29 is 4.79 Å². The number of aromatic nitrogens is 2. The monoisotopic (exact) mass is 254 g/mol. The Morgan fingerprint density at radius 3 is 2.53 bits per heavy atom. The van der Waals surface area contributed by atoms with E-state index in [-0.39, 0.29) is 5.92 Å². The molecule has 1 heterocycles. The smallest absolute Gasteiger partial charge is 0.137 e. The number of aryl methyl sites for hydroxylation is 2. The maximum absolute atomic E-state index is 12.3. The minimum Gasteiger partial charge on any atom is -0.299 e. The molecule has 3 nitrogen and oxygen atoms in total. The van der Waals surface area contributed by atoms with Gasteiger partial charge in [0.15, 0.2) is 0 Å². The van der Waals surface area contributed by atoms with Gasteiger partial charge in [-0.15, -0.1) is 0 Å². The Hall–Kier alpha value is -1.90. The molecular weight excluding hydrogens is 236 g/mol. The molecule has 2 aromatic rings. The topological polar surface area (TPSA) is 34.9 Å². The van der Waals surface area contributed by atoms with Gasteiger partial charge in [0.1, 0.15) is 5.78 Å². The number of nitrogens with zero attached hydrogens (tertiary/aromatic N) is 2. The molecule has 1 aromatic heterocycles. The number of ketones is 1. The van der Waals surface area contributed by atoms with Crippen molar-refractivity contribution in [2.24, 2.45) is 13.0 Å². The second-order valence-electron chi connectivity index (χ2n) is 5.29. The number of rotatable bonds is 4. The van der Waals surface area contributed by atoms with Crippen LogP contribution in [0.4, 0.5) is 0 Å². The maximum atomic E-state index is 12.3. The van der Waals surface area contributed by atoms with Crippen molar-refractivity contribution in [1.82, 2.24) is 9.78 Å². The van der Waals surface area contributed by atoms with Gasteiger partial charge in [0.25, 0.3) is 0 Å². The summed E-state index contributed by atoms with van der Waals surface area (Å²) in [6, 6.07) is 10.4. The first kappa shape index (κ1) is 12.2. The fraction of sp³-hybridized carbons (Fsp3) is 0.375. The fourth-order valence-electron chi connectivity index (χ4n) is 2.89. The van der Waals surface area contributed by atoms with E-state index in [1.165, 1.54) is 11.1 Å². The first-order valence-corrected chi connectivity index (χ1v) is 6.80. The van der Waals surface area contributed by atoms with Gasteiger partial charge in [0.2, 0.25) is 0 Å². The summed E-state index contributed by atoms with van der Waals surface area (Å²) >= 11 is 0. The first-order valence-electron chi connectivity index (χ1n) is 6.80. The average Bonchev–Trinajstić information content (AvgIpc) is 3.01. The summed E-state index contributed by atoms with van der Waals surface area (Å²) in [7, 11) is 1.92. The highest BCUT2D eigenvalue weighted by Gasteiger charge is 2.26. The van der Waals surface area contributed by atoms with E-state index in [4.69, 9.17) is 0 Å². The van der Waals surface area contributed by atoms with Crippen LogP contribution in [-0.2, 0) is 31.1 Å². The molecular formula is C16H18N2O. The summed E-state index contributed by atoms with van der Waals surface area (Å²) in [6.45, 7) is 0. The molecule has 19 heavy (non-hydrogen) atoms. The Labute approximate surface area is 113 Å². The lowest BCUT2D eigenvalue weighted by atomic mass is 9.97. The van der Waals surface area contributed by atoms with Crippen LogP contribution >= 0.6 is 0 Å². The van der Waals surface area contributed by atoms with Crippen LogP contribution in [0.2, 0.25) is 0 Å². The van der Waals surface area contributed by atoms with Crippen LogP contribution in [0.15, 0.2) is 36.5 Å². The molecule has 0 aliphatic heterocycles. The Balaban J connectivity index is 1.60. The Kier molecular flexibility index (Phi) is 3.20. The van der Waals surface area contributed by atoms with E-state index >= 15 is 0 Å². The quantitative estimate of drug-likeness (QED) is 0.839. The predicted molar refractivity (Wildman–Crippen MR) is 73.9 cm³/mol. The molecule has 1 aromatic carbocycles. The highest BCUT2D eigenvalue weighted by atomic mass is 16.1. The standard InChI is InChI=1S/C16H18N2O/c1-18-15(8-9-17-18)6-7-16(19)14-10-12-4-2-3-5-13(12)11-14/h2-5,8-9,14H,6-7,10-11H2,1H3. The summed E-state index contributed by atoms with van der Waals surface area (Å²) in [6.07, 6.45) is 5.03. The molecule has 3 rings (SSSR count). The summed E-state index contributed by atoms with van der Waals surface area (Å²) in [5.74, 6) is 0.572. The molecule has 0 saturated carbocycles. The minimum atomic E-state index is 0.186. The van der Waals surface area contributed by atoms with E-state index in [0.29, 0.717) is 12.2 Å². The van der Waals surface area contributed by atoms with Crippen molar-refractivity contribution in [2.75, 3.05) is 0 Å². The van der Waals surface area contributed by atoms with Crippen molar-refractivity contribution >= 4 is 5.78 Å². The van der Waals surface area contributed by atoms with Crippen molar-refractivity contribution in [3.8, 4) is 0 Å². The van der Waals surface area contributed by atoms with Crippen LogP contribution in [0.1, 0.15) is 23.2 Å². The van der Waals surface area contributed by atoms with Gasteiger partial charge in [0, 0.05) is 31.3 Å². The highest BCUT2D eigenvalue weighted by molar-refractivity contribution is 5.82. The Bertz CT molecular complexity index is 575. The molecule has 3 heteroatoms. The van der Waals surface area contributed by atoms with Gasteiger partial charge in [-0.05, 0) is 36.5 Å². The Morgan fingerprint density at radius 1 is 1.26 bits per heavy atom. The molecule has 1 aliphatic rings. The van der Waals surface area contributed by atoms with Crippen LogP contribution in [0.25, 0.3) is 0 Å². The van der Waals surface area contributed by atoms with Crippen LogP contribution in [0, 0.1) is 5.92 Å². The fourth-order valence-corrected chi connectivity index (χ4v) is 2.89. The number of Topliss-reactive ketones (excluding diaryl/α,β-unsaturated/α-hetero) is 1. The van der Waals surface area contributed by atoms with Crippen LogP contribution in [0.5, 0.6) is 0 Å². The normalized spacial score (nSPS) is 14.6. The first-order chi connectivity index (χ1) is 9.24. The number of fused-ring (bicyclic) bond motifs is 1. The highest BCUT2D eigenvalue weighted by Crippen LogP contribution is 2.27. The second kappa shape index (κ2) is 5.00. The molecule has 1 aliphatic carbocycles. The molecule has 0 radical (unpaired) electrons. The van der Waals surface area contributed by atoms with E-state index < -0.39 is 0 Å². The van der Waals surface area contributed by atoms with Gasteiger partial charge in [-0.1, -0.05) is 24.3 Å². The van der Waals surface area contributed by atoms with E-state index in [0.717, 1.165) is 25.0 Å². The second-order valence-corrected chi connectivity index (χ2v) is 5.29. The molecule has 0 saturated heterocycles. The average molecular weight is 254 g/mol. The molecule has 98 valence electrons. The lowest BCUT2D eigenvalue weighted by Crippen LogP contribution is -2.16. The summed E-state index contributed by atoms with van der Waals surface area (Å²) in [5.41, 5.74) is 3.83. The summed E-state index contributed by atoms with van der Waals surface area (Å²) < 4.78 is 1.84. The third kappa shape index (κ3) is 2.46. The third-order valence-corrected chi connectivity index (χ3v) is 4.06. The van der Waals surface area contributed by atoms with Gasteiger partial charge in [-0.3, -0.25) is 9.48 Å². The zero-order valence-corrected chi connectivity index (χ0v) is 11.2. The SMILES string of the molecule is Cn1nccc1CCC(=O)C1Cc2ccccc2C1. The van der Waals surface area contributed by atoms with E-state index in [1.807, 2.05) is 17.8 Å². The Morgan fingerprint density at radius 2 is 1.95 bits per heavy atom. The molecule has 0 bridgehead atoms. The van der Waals surface area contributed by atoms with Crippen molar-refractivity contribution in [3.05, 3.63) is 53.3 Å². The zero-order valence-electron chi connectivity index (χ0n) is 11.2. The molecule has 0 N–H and O–H groups in total. The number of hydrogen-bond donors (Lipinski definition) is 0. The van der Waals surface area contributed by atoms with Crippen molar-refractivity contribution in [2.45, 2.75) is 25.7 Å².